The Labute approximate surface area is 95.3 Å². The number of anilines is 1. The zero-order valence-corrected chi connectivity index (χ0v) is 9.83. The second-order valence-electron chi connectivity index (χ2n) is 5.30. The van der Waals surface area contributed by atoms with Crippen molar-refractivity contribution in [3.8, 4) is 0 Å². The summed E-state index contributed by atoms with van der Waals surface area (Å²) in [6.45, 7) is 5.50. The summed E-state index contributed by atoms with van der Waals surface area (Å²) in [5.74, 6) is 1.09. The number of hydrogen-bond acceptors (Lipinski definition) is 2. The first-order valence-corrected chi connectivity index (χ1v) is 5.80. The van der Waals surface area contributed by atoms with Crippen LogP contribution >= 0.6 is 0 Å². The molecule has 1 saturated carbocycles. The van der Waals surface area contributed by atoms with E-state index >= 15 is 0 Å². The van der Waals surface area contributed by atoms with E-state index in [-0.39, 0.29) is 0 Å². The minimum absolute atomic E-state index is 0.500. The van der Waals surface area contributed by atoms with Gasteiger partial charge in [0.2, 0.25) is 0 Å². The quantitative estimate of drug-likeness (QED) is 0.783. The second-order valence-corrected chi connectivity index (χ2v) is 5.30. The second kappa shape index (κ2) is 3.00. The minimum atomic E-state index is 0.500. The van der Waals surface area contributed by atoms with Crippen molar-refractivity contribution in [2.24, 2.45) is 5.41 Å². The van der Waals surface area contributed by atoms with Crippen molar-refractivity contribution in [3.05, 3.63) is 24.0 Å². The number of rotatable bonds is 2. The van der Waals surface area contributed by atoms with Crippen molar-refractivity contribution < 1.29 is 0 Å². The van der Waals surface area contributed by atoms with Crippen molar-refractivity contribution in [3.63, 3.8) is 0 Å². The third-order valence-electron chi connectivity index (χ3n) is 3.61. The van der Waals surface area contributed by atoms with Gasteiger partial charge in [0, 0.05) is 12.2 Å². The molecular weight excluding hydrogens is 198 g/mol. The first-order valence-electron chi connectivity index (χ1n) is 5.80. The van der Waals surface area contributed by atoms with Gasteiger partial charge in [-0.25, -0.2) is 4.98 Å². The van der Waals surface area contributed by atoms with Crippen LogP contribution in [0, 0.1) is 12.3 Å². The fourth-order valence-corrected chi connectivity index (χ4v) is 2.22. The maximum atomic E-state index is 5.77. The standard InChI is InChI=1S/C13H17N3/c1-9-15-11-7-10(14)3-4-12(11)16(9)8-13(2)5-6-13/h3-4,7H,5-6,8,14H2,1-2H3. The van der Waals surface area contributed by atoms with E-state index in [0.717, 1.165) is 23.6 Å². The van der Waals surface area contributed by atoms with E-state index < -0.39 is 0 Å². The van der Waals surface area contributed by atoms with Crippen molar-refractivity contribution in [2.45, 2.75) is 33.2 Å². The molecule has 1 aromatic carbocycles. The third-order valence-corrected chi connectivity index (χ3v) is 3.61. The Morgan fingerprint density at radius 1 is 1.44 bits per heavy atom. The molecule has 2 aromatic rings. The Morgan fingerprint density at radius 2 is 2.19 bits per heavy atom. The molecule has 3 heteroatoms. The molecule has 1 aromatic heterocycles. The van der Waals surface area contributed by atoms with E-state index in [4.69, 9.17) is 5.73 Å². The van der Waals surface area contributed by atoms with Crippen LogP contribution in [0.5, 0.6) is 0 Å². The fourth-order valence-electron chi connectivity index (χ4n) is 2.22. The summed E-state index contributed by atoms with van der Waals surface area (Å²) in [5, 5.41) is 0. The van der Waals surface area contributed by atoms with Crippen LogP contribution in [0.25, 0.3) is 11.0 Å². The molecule has 0 radical (unpaired) electrons. The van der Waals surface area contributed by atoms with E-state index in [2.05, 4.69) is 29.5 Å². The molecule has 0 unspecified atom stereocenters. The number of fused-ring (bicyclic) bond motifs is 1. The summed E-state index contributed by atoms with van der Waals surface area (Å²) in [7, 11) is 0. The smallest absolute Gasteiger partial charge is 0.106 e. The van der Waals surface area contributed by atoms with Gasteiger partial charge in [-0.3, -0.25) is 0 Å². The number of nitrogens with two attached hydrogens (primary N) is 1. The molecule has 2 N–H and O–H groups in total. The summed E-state index contributed by atoms with van der Waals surface area (Å²) < 4.78 is 2.32. The molecule has 0 aliphatic heterocycles. The first kappa shape index (κ1) is 9.70. The highest BCUT2D eigenvalue weighted by Crippen LogP contribution is 2.47. The molecule has 1 aliphatic carbocycles. The molecule has 1 aliphatic rings. The number of imidazole rings is 1. The largest absolute Gasteiger partial charge is 0.399 e. The average Bonchev–Trinajstić information content (AvgIpc) is 2.86. The maximum absolute atomic E-state index is 5.77. The number of benzene rings is 1. The Bertz CT molecular complexity index is 550. The lowest BCUT2D eigenvalue weighted by atomic mass is 10.1. The molecule has 3 nitrogen and oxygen atoms in total. The number of aryl methyl sites for hydroxylation is 1. The summed E-state index contributed by atoms with van der Waals surface area (Å²) >= 11 is 0. The number of nitrogen functional groups attached to an aromatic ring is 1. The van der Waals surface area contributed by atoms with Crippen LogP contribution in [-0.2, 0) is 6.54 Å². The van der Waals surface area contributed by atoms with E-state index in [1.165, 1.54) is 18.4 Å². The Kier molecular flexibility index (Phi) is 1.82. The number of nitrogens with zero attached hydrogens (tertiary/aromatic N) is 2. The molecule has 0 atom stereocenters. The van der Waals surface area contributed by atoms with Gasteiger partial charge in [-0.2, -0.15) is 0 Å². The maximum Gasteiger partial charge on any atom is 0.106 e. The van der Waals surface area contributed by atoms with Gasteiger partial charge in [0.25, 0.3) is 0 Å². The molecule has 1 fully saturated rings. The molecule has 16 heavy (non-hydrogen) atoms. The summed E-state index contributed by atoms with van der Waals surface area (Å²) in [6.07, 6.45) is 2.67. The normalized spacial score (nSPS) is 17.9. The van der Waals surface area contributed by atoms with Crippen molar-refractivity contribution in [2.75, 3.05) is 5.73 Å². The minimum Gasteiger partial charge on any atom is -0.399 e. The summed E-state index contributed by atoms with van der Waals surface area (Å²) in [6, 6.07) is 5.99. The topological polar surface area (TPSA) is 43.8 Å². The molecular formula is C13H17N3. The highest BCUT2D eigenvalue weighted by Gasteiger charge is 2.38. The van der Waals surface area contributed by atoms with Gasteiger partial charge < -0.3 is 10.3 Å². The third kappa shape index (κ3) is 1.47. The fraction of sp³-hybridized carbons (Fsp3) is 0.462. The van der Waals surface area contributed by atoms with Crippen LogP contribution < -0.4 is 5.73 Å². The van der Waals surface area contributed by atoms with Gasteiger partial charge in [0.15, 0.2) is 0 Å². The van der Waals surface area contributed by atoms with E-state index in [1.54, 1.807) is 0 Å². The summed E-state index contributed by atoms with van der Waals surface area (Å²) in [5.41, 5.74) is 9.28. The van der Waals surface area contributed by atoms with Crippen LogP contribution in [0.2, 0.25) is 0 Å². The zero-order chi connectivity index (χ0) is 11.3. The van der Waals surface area contributed by atoms with E-state index in [9.17, 15) is 0 Å². The van der Waals surface area contributed by atoms with Crippen LogP contribution in [0.3, 0.4) is 0 Å². The van der Waals surface area contributed by atoms with Crippen LogP contribution in [0.1, 0.15) is 25.6 Å². The number of aromatic nitrogens is 2. The molecule has 0 spiro atoms. The van der Waals surface area contributed by atoms with Crippen LogP contribution in [0.4, 0.5) is 5.69 Å². The molecule has 84 valence electrons. The Balaban J connectivity index is 2.12. The Hall–Kier alpha value is -1.51. The monoisotopic (exact) mass is 215 g/mol. The molecule has 0 amide bonds. The average molecular weight is 215 g/mol. The molecule has 3 rings (SSSR count). The van der Waals surface area contributed by atoms with Crippen LogP contribution in [-0.4, -0.2) is 9.55 Å². The van der Waals surface area contributed by atoms with Gasteiger partial charge in [-0.15, -0.1) is 0 Å². The SMILES string of the molecule is Cc1nc2cc(N)ccc2n1CC1(C)CC1. The lowest BCUT2D eigenvalue weighted by molar-refractivity contribution is 0.466. The van der Waals surface area contributed by atoms with Gasteiger partial charge in [0.05, 0.1) is 11.0 Å². The predicted octanol–water partition coefficient (Wildman–Crippen LogP) is 2.73. The predicted molar refractivity (Wildman–Crippen MR) is 66.2 cm³/mol. The Morgan fingerprint density at radius 3 is 2.88 bits per heavy atom. The molecule has 1 heterocycles. The van der Waals surface area contributed by atoms with Crippen molar-refractivity contribution in [1.29, 1.82) is 0 Å². The van der Waals surface area contributed by atoms with Crippen molar-refractivity contribution in [1.82, 2.24) is 9.55 Å². The number of hydrogen-bond donors (Lipinski definition) is 1. The van der Waals surface area contributed by atoms with Gasteiger partial charge in [-0.1, -0.05) is 6.92 Å². The van der Waals surface area contributed by atoms with E-state index in [0.29, 0.717) is 5.41 Å². The van der Waals surface area contributed by atoms with Crippen molar-refractivity contribution >= 4 is 16.7 Å². The van der Waals surface area contributed by atoms with Gasteiger partial charge in [-0.05, 0) is 43.4 Å². The van der Waals surface area contributed by atoms with Gasteiger partial charge >= 0.3 is 0 Å². The molecule has 0 bridgehead atoms. The van der Waals surface area contributed by atoms with Gasteiger partial charge in [0.1, 0.15) is 5.82 Å². The van der Waals surface area contributed by atoms with E-state index in [1.807, 2.05) is 12.1 Å². The summed E-state index contributed by atoms with van der Waals surface area (Å²) in [4.78, 5) is 4.57. The highest BCUT2D eigenvalue weighted by molar-refractivity contribution is 5.79. The lowest BCUT2D eigenvalue weighted by Gasteiger charge is -2.12. The molecule has 0 saturated heterocycles. The zero-order valence-electron chi connectivity index (χ0n) is 9.83. The first-order chi connectivity index (χ1) is 7.57. The van der Waals surface area contributed by atoms with Crippen LogP contribution in [0.15, 0.2) is 18.2 Å². The highest BCUT2D eigenvalue weighted by atomic mass is 15.1. The lowest BCUT2D eigenvalue weighted by Crippen LogP contribution is -2.09.